The first-order valence-electron chi connectivity index (χ1n) is 12.2. The molecule has 0 saturated heterocycles. The molecule has 6 N–H and O–H groups in total. The van der Waals surface area contributed by atoms with Gasteiger partial charge in [0.1, 0.15) is 6.17 Å². The summed E-state index contributed by atoms with van der Waals surface area (Å²) in [7, 11) is 0. The fourth-order valence-electron chi connectivity index (χ4n) is 4.28. The van der Waals surface area contributed by atoms with Crippen LogP contribution in [0.2, 0.25) is 0 Å². The second-order valence-corrected chi connectivity index (χ2v) is 9.34. The van der Waals surface area contributed by atoms with E-state index in [9.17, 15) is 14.0 Å². The predicted octanol–water partition coefficient (Wildman–Crippen LogP) is 1.85. The van der Waals surface area contributed by atoms with Crippen molar-refractivity contribution in [3.63, 3.8) is 0 Å². The lowest BCUT2D eigenvalue weighted by molar-refractivity contribution is -0.739. The second-order valence-electron chi connectivity index (χ2n) is 9.34. The molecule has 1 fully saturated rings. The number of benzene rings is 1. The number of aromatic nitrogens is 1. The van der Waals surface area contributed by atoms with Crippen LogP contribution < -0.4 is 27.0 Å². The molecule has 0 radical (unpaired) electrons. The molecule has 2 amide bonds. The van der Waals surface area contributed by atoms with Gasteiger partial charge in [-0.3, -0.25) is 14.6 Å². The second kappa shape index (κ2) is 11.8. The largest absolute Gasteiger partial charge is 0.353 e. The van der Waals surface area contributed by atoms with Gasteiger partial charge in [0.2, 0.25) is 11.8 Å². The van der Waals surface area contributed by atoms with E-state index in [2.05, 4.69) is 32.5 Å². The number of nitrogens with two attached hydrogens (primary N) is 1. The molecule has 1 aliphatic heterocycles. The van der Waals surface area contributed by atoms with Gasteiger partial charge in [0.05, 0.1) is 30.1 Å². The highest BCUT2D eigenvalue weighted by Crippen LogP contribution is 2.36. The lowest BCUT2D eigenvalue weighted by atomic mass is 9.80. The van der Waals surface area contributed by atoms with Gasteiger partial charge in [-0.05, 0) is 42.4 Å². The van der Waals surface area contributed by atoms with Crippen LogP contribution in [0.5, 0.6) is 0 Å². The number of hydrogen-bond donors (Lipinski definition) is 5. The minimum absolute atomic E-state index is 0.0119. The van der Waals surface area contributed by atoms with Gasteiger partial charge in [0.25, 0.3) is 0 Å². The van der Waals surface area contributed by atoms with Crippen LogP contribution >= 0.6 is 0 Å². The number of pyridine rings is 1. The molecule has 1 aromatic heterocycles. The summed E-state index contributed by atoms with van der Waals surface area (Å²) in [6.07, 6.45) is 6.07. The first kappa shape index (κ1) is 24.7. The average Bonchev–Trinajstić information content (AvgIpc) is 3.34. The van der Waals surface area contributed by atoms with E-state index in [0.717, 1.165) is 11.3 Å². The van der Waals surface area contributed by atoms with Gasteiger partial charge in [-0.15, -0.1) is 0 Å². The average molecular weight is 482 g/mol. The third-order valence-electron chi connectivity index (χ3n) is 6.63. The fourth-order valence-corrected chi connectivity index (χ4v) is 4.28. The van der Waals surface area contributed by atoms with Crippen LogP contribution in [0.3, 0.4) is 0 Å². The molecule has 9 heteroatoms. The Labute approximate surface area is 205 Å². The molecule has 2 aliphatic rings. The number of hydrogen-bond acceptors (Lipinski definition) is 5. The summed E-state index contributed by atoms with van der Waals surface area (Å²) in [5.74, 6) is -0.509. The number of nitrogens with zero attached hydrogens (tertiary/aromatic N) is 1. The number of amides is 2. The summed E-state index contributed by atoms with van der Waals surface area (Å²) < 4.78 is 14.6. The van der Waals surface area contributed by atoms with Gasteiger partial charge < -0.3 is 10.6 Å². The molecule has 0 spiro atoms. The van der Waals surface area contributed by atoms with Crippen LogP contribution in [-0.2, 0) is 9.59 Å². The SMILES string of the molecule is C[C@@H](C[C@@H](F)CNC(=O)CC1=CN[NH2+]N1)C(=O)NC(c1ccccc1)c1ccc(C2CCC2)cn1. The molecule has 0 bridgehead atoms. The van der Waals surface area contributed by atoms with Gasteiger partial charge in [-0.25, -0.2) is 15.2 Å². The monoisotopic (exact) mass is 481 g/mol. The minimum Gasteiger partial charge on any atom is -0.353 e. The van der Waals surface area contributed by atoms with Crippen LogP contribution in [-0.4, -0.2) is 29.5 Å². The Morgan fingerprint density at radius 3 is 2.63 bits per heavy atom. The molecule has 1 unspecified atom stereocenters. The number of nitrogens with one attached hydrogen (secondary N) is 4. The van der Waals surface area contributed by atoms with Crippen LogP contribution in [0.15, 0.2) is 60.6 Å². The smallest absolute Gasteiger partial charge is 0.226 e. The van der Waals surface area contributed by atoms with Gasteiger partial charge in [-0.2, -0.15) is 5.53 Å². The number of alkyl halides is 1. The van der Waals surface area contributed by atoms with Crippen molar-refractivity contribution in [2.75, 3.05) is 6.54 Å². The fraction of sp³-hybridized carbons (Fsp3) is 0.423. The van der Waals surface area contributed by atoms with E-state index >= 15 is 0 Å². The van der Waals surface area contributed by atoms with Crippen molar-refractivity contribution in [3.05, 3.63) is 77.4 Å². The molecular weight excluding hydrogens is 447 g/mol. The highest BCUT2D eigenvalue weighted by Gasteiger charge is 2.25. The van der Waals surface area contributed by atoms with Crippen molar-refractivity contribution in [2.24, 2.45) is 5.92 Å². The summed E-state index contributed by atoms with van der Waals surface area (Å²) in [6.45, 7) is 1.57. The summed E-state index contributed by atoms with van der Waals surface area (Å²) in [5, 5.41) is 5.65. The standard InChI is InChI=1S/C26H33FN6O2/c1-17(12-21(27)15-29-24(34)13-22-16-30-33-32-22)26(35)31-25(19-6-3-2-4-7-19)23-11-10-20(14-28-23)18-8-5-9-18/h2-4,6-7,10-11,14,16-18,21,25,30,32-33H,5,8-9,12-13,15H2,1H3,(H,29,34)(H,31,35)/p+1/t17-,21+,25?/m0/s1. The van der Waals surface area contributed by atoms with Crippen LogP contribution in [0.4, 0.5) is 4.39 Å². The van der Waals surface area contributed by atoms with Crippen molar-refractivity contribution in [3.8, 4) is 0 Å². The molecular formula is C26H34FN6O2+. The molecule has 1 aliphatic carbocycles. The number of quaternary nitrogens is 1. The highest BCUT2D eigenvalue weighted by molar-refractivity contribution is 5.79. The maximum atomic E-state index is 14.6. The Hall–Kier alpha value is -3.46. The molecule has 2 aromatic rings. The molecule has 2 heterocycles. The van der Waals surface area contributed by atoms with E-state index in [0.29, 0.717) is 11.6 Å². The molecule has 1 saturated carbocycles. The maximum absolute atomic E-state index is 14.6. The van der Waals surface area contributed by atoms with Gasteiger partial charge in [0, 0.05) is 18.7 Å². The van der Waals surface area contributed by atoms with Crippen molar-refractivity contribution in [1.29, 1.82) is 0 Å². The third-order valence-corrected chi connectivity index (χ3v) is 6.63. The van der Waals surface area contributed by atoms with Gasteiger partial charge in [-0.1, -0.05) is 49.7 Å². The number of rotatable bonds is 11. The van der Waals surface area contributed by atoms with E-state index in [1.807, 2.05) is 42.6 Å². The van der Waals surface area contributed by atoms with Gasteiger partial charge in [0.15, 0.2) is 0 Å². The first-order chi connectivity index (χ1) is 17.0. The molecule has 4 rings (SSSR count). The molecule has 3 atom stereocenters. The topological polar surface area (TPSA) is 112 Å². The molecule has 8 nitrogen and oxygen atoms in total. The molecule has 35 heavy (non-hydrogen) atoms. The summed E-state index contributed by atoms with van der Waals surface area (Å²) in [6, 6.07) is 13.3. The van der Waals surface area contributed by atoms with Crippen LogP contribution in [0, 0.1) is 5.92 Å². The van der Waals surface area contributed by atoms with Crippen molar-refractivity contribution < 1.29 is 19.5 Å². The normalized spacial score (nSPS) is 17.7. The number of carbonyl (C=O) groups excluding carboxylic acids is 2. The summed E-state index contributed by atoms with van der Waals surface area (Å²) in [4.78, 5) is 29.7. The van der Waals surface area contributed by atoms with E-state index in [-0.39, 0.29) is 31.2 Å². The third kappa shape index (κ3) is 6.79. The van der Waals surface area contributed by atoms with E-state index in [1.54, 1.807) is 18.7 Å². The lowest BCUT2D eigenvalue weighted by Crippen LogP contribution is -2.96. The lowest BCUT2D eigenvalue weighted by Gasteiger charge is -2.26. The van der Waals surface area contributed by atoms with E-state index in [4.69, 9.17) is 0 Å². The quantitative estimate of drug-likeness (QED) is 0.315. The Bertz CT molecular complexity index is 1030. The first-order valence-corrected chi connectivity index (χ1v) is 12.2. The van der Waals surface area contributed by atoms with E-state index < -0.39 is 18.1 Å². The zero-order valence-electron chi connectivity index (χ0n) is 20.0. The predicted molar refractivity (Wildman–Crippen MR) is 130 cm³/mol. The highest BCUT2D eigenvalue weighted by atomic mass is 19.1. The van der Waals surface area contributed by atoms with Gasteiger partial charge >= 0.3 is 0 Å². The van der Waals surface area contributed by atoms with Crippen molar-refractivity contribution in [1.82, 2.24) is 26.5 Å². The Morgan fingerprint density at radius 1 is 1.20 bits per heavy atom. The Morgan fingerprint density at radius 2 is 2.00 bits per heavy atom. The summed E-state index contributed by atoms with van der Waals surface area (Å²) in [5.41, 5.74) is 11.0. The number of halogens is 1. The Kier molecular flexibility index (Phi) is 8.31. The van der Waals surface area contributed by atoms with Crippen LogP contribution in [0.1, 0.15) is 67.8 Å². The Balaban J connectivity index is 1.33. The van der Waals surface area contributed by atoms with Crippen LogP contribution in [0.25, 0.3) is 0 Å². The summed E-state index contributed by atoms with van der Waals surface area (Å²) >= 11 is 0. The zero-order chi connectivity index (χ0) is 24.6. The zero-order valence-corrected chi connectivity index (χ0v) is 20.0. The minimum atomic E-state index is -1.33. The van der Waals surface area contributed by atoms with Crippen molar-refractivity contribution in [2.45, 2.75) is 57.2 Å². The maximum Gasteiger partial charge on any atom is 0.226 e. The molecule has 1 aromatic carbocycles. The van der Waals surface area contributed by atoms with E-state index in [1.165, 1.54) is 24.8 Å². The van der Waals surface area contributed by atoms with Crippen molar-refractivity contribution >= 4 is 11.8 Å². The molecule has 186 valence electrons. The number of carbonyl (C=O) groups is 2.